The molecule has 2 N–H and O–H groups in total. The first-order chi connectivity index (χ1) is 11.9. The van der Waals surface area contributed by atoms with E-state index in [9.17, 15) is 18.0 Å². The molecule has 10 heteroatoms. The second-order valence-electron chi connectivity index (χ2n) is 7.40. The fourth-order valence-corrected chi connectivity index (χ4v) is 2.46. The molecule has 0 saturated carbocycles. The molecule has 0 aliphatic carbocycles. The first-order valence-corrected chi connectivity index (χ1v) is 8.65. The molecule has 0 aromatic rings. The maximum atomic E-state index is 12.2. The van der Waals surface area contributed by atoms with E-state index in [1.165, 1.54) is 11.9 Å². The second kappa shape index (κ2) is 9.29. The second-order valence-corrected chi connectivity index (χ2v) is 7.40. The van der Waals surface area contributed by atoms with Crippen LogP contribution in [0.2, 0.25) is 0 Å². The summed E-state index contributed by atoms with van der Waals surface area (Å²) in [7, 11) is 1.43. The number of aliphatic imine (C=N–C) groups is 1. The molecule has 1 heterocycles. The van der Waals surface area contributed by atoms with Crippen molar-refractivity contribution in [2.45, 2.75) is 39.0 Å². The summed E-state index contributed by atoms with van der Waals surface area (Å²) in [6.45, 7) is 7.24. The number of carbonyl (C=O) groups is 1. The molecule has 7 nitrogen and oxygen atoms in total. The Balaban J connectivity index is 2.31. The van der Waals surface area contributed by atoms with Gasteiger partial charge in [0, 0.05) is 32.7 Å². The van der Waals surface area contributed by atoms with Crippen LogP contribution in [0, 0.1) is 0 Å². The van der Waals surface area contributed by atoms with Crippen molar-refractivity contribution in [1.29, 1.82) is 0 Å². The monoisotopic (exact) mass is 381 g/mol. The van der Waals surface area contributed by atoms with Crippen molar-refractivity contribution in [2.24, 2.45) is 10.7 Å². The van der Waals surface area contributed by atoms with Gasteiger partial charge in [0.1, 0.15) is 5.60 Å². The molecule has 1 aliphatic heterocycles. The zero-order valence-corrected chi connectivity index (χ0v) is 16.0. The van der Waals surface area contributed by atoms with Gasteiger partial charge in [0.2, 0.25) is 0 Å². The summed E-state index contributed by atoms with van der Waals surface area (Å²) in [5, 5.41) is 0. The van der Waals surface area contributed by atoms with E-state index in [2.05, 4.69) is 4.99 Å². The highest BCUT2D eigenvalue weighted by Gasteiger charge is 2.29. The SMILES string of the molecule is CN(CCCN=C(N)N1CCN(C(=O)OC(C)(C)C)CC1)CC(F)(F)F. The largest absolute Gasteiger partial charge is 0.444 e. The molecule has 0 spiro atoms. The van der Waals surface area contributed by atoms with Gasteiger partial charge in [0.25, 0.3) is 0 Å². The topological polar surface area (TPSA) is 74.4 Å². The van der Waals surface area contributed by atoms with Gasteiger partial charge in [-0.2, -0.15) is 13.2 Å². The molecule has 0 aromatic heterocycles. The highest BCUT2D eigenvalue weighted by atomic mass is 19.4. The van der Waals surface area contributed by atoms with E-state index >= 15 is 0 Å². The Morgan fingerprint density at radius 3 is 2.19 bits per heavy atom. The van der Waals surface area contributed by atoms with Crippen LogP contribution in [0.1, 0.15) is 27.2 Å². The molecule has 1 fully saturated rings. The third kappa shape index (κ3) is 9.12. The van der Waals surface area contributed by atoms with Gasteiger partial charge in [0.15, 0.2) is 5.96 Å². The molecule has 1 aliphatic rings. The van der Waals surface area contributed by atoms with E-state index < -0.39 is 18.3 Å². The van der Waals surface area contributed by atoms with Crippen LogP contribution in [-0.4, -0.2) is 91.4 Å². The highest BCUT2D eigenvalue weighted by molar-refractivity contribution is 5.78. The van der Waals surface area contributed by atoms with Crippen LogP contribution in [0.25, 0.3) is 0 Å². The number of piperazine rings is 1. The number of guanidine groups is 1. The van der Waals surface area contributed by atoms with Gasteiger partial charge in [0.05, 0.1) is 6.54 Å². The minimum Gasteiger partial charge on any atom is -0.444 e. The zero-order valence-electron chi connectivity index (χ0n) is 16.0. The predicted octanol–water partition coefficient (Wildman–Crippen LogP) is 1.74. The van der Waals surface area contributed by atoms with E-state index in [0.29, 0.717) is 51.6 Å². The van der Waals surface area contributed by atoms with Crippen LogP contribution >= 0.6 is 0 Å². The number of nitrogens with two attached hydrogens (primary N) is 1. The summed E-state index contributed by atoms with van der Waals surface area (Å²) >= 11 is 0. The number of amides is 1. The third-order valence-electron chi connectivity index (χ3n) is 3.68. The van der Waals surface area contributed by atoms with Crippen LogP contribution < -0.4 is 5.73 Å². The maximum Gasteiger partial charge on any atom is 0.410 e. The summed E-state index contributed by atoms with van der Waals surface area (Å²) < 4.78 is 42.0. The van der Waals surface area contributed by atoms with Gasteiger partial charge in [-0.15, -0.1) is 0 Å². The highest BCUT2D eigenvalue weighted by Crippen LogP contribution is 2.15. The molecule has 0 atom stereocenters. The van der Waals surface area contributed by atoms with Crippen molar-refractivity contribution in [2.75, 3.05) is 52.9 Å². The standard InChI is InChI=1S/C16H30F3N5O2/c1-15(2,3)26-14(25)24-10-8-23(9-11-24)13(20)21-6-5-7-22(4)12-16(17,18)19/h5-12H2,1-4H3,(H2,20,21). The minimum absolute atomic E-state index is 0.294. The van der Waals surface area contributed by atoms with E-state index in [1.54, 1.807) is 4.90 Å². The van der Waals surface area contributed by atoms with Crippen LogP contribution in [0.5, 0.6) is 0 Å². The smallest absolute Gasteiger partial charge is 0.410 e. The average molecular weight is 381 g/mol. The summed E-state index contributed by atoms with van der Waals surface area (Å²) in [6.07, 6.45) is -4.05. The van der Waals surface area contributed by atoms with Crippen LogP contribution in [0.4, 0.5) is 18.0 Å². The molecule has 1 saturated heterocycles. The Hall–Kier alpha value is -1.71. The fraction of sp³-hybridized carbons (Fsp3) is 0.875. The van der Waals surface area contributed by atoms with Crippen molar-refractivity contribution in [3.63, 3.8) is 0 Å². The number of hydrogen-bond donors (Lipinski definition) is 1. The van der Waals surface area contributed by atoms with Crippen molar-refractivity contribution in [3.8, 4) is 0 Å². The Bertz CT molecular complexity index is 483. The molecule has 1 rings (SSSR count). The Morgan fingerprint density at radius 1 is 1.15 bits per heavy atom. The van der Waals surface area contributed by atoms with E-state index in [4.69, 9.17) is 10.5 Å². The first-order valence-electron chi connectivity index (χ1n) is 8.65. The number of carbonyl (C=O) groups excluding carboxylic acids is 1. The summed E-state index contributed by atoms with van der Waals surface area (Å²) in [4.78, 5) is 20.9. The van der Waals surface area contributed by atoms with Gasteiger partial charge in [-0.1, -0.05) is 0 Å². The lowest BCUT2D eigenvalue weighted by Gasteiger charge is -2.36. The van der Waals surface area contributed by atoms with E-state index in [0.717, 1.165) is 0 Å². The number of hydrogen-bond acceptors (Lipinski definition) is 4. The van der Waals surface area contributed by atoms with Crippen molar-refractivity contribution in [1.82, 2.24) is 14.7 Å². The number of nitrogens with zero attached hydrogens (tertiary/aromatic N) is 4. The number of rotatable bonds is 5. The van der Waals surface area contributed by atoms with E-state index in [-0.39, 0.29) is 6.09 Å². The lowest BCUT2D eigenvalue weighted by atomic mass is 10.2. The Morgan fingerprint density at radius 2 is 1.69 bits per heavy atom. The molecular formula is C16H30F3N5O2. The third-order valence-corrected chi connectivity index (χ3v) is 3.68. The molecule has 0 aromatic carbocycles. The zero-order chi connectivity index (χ0) is 20.0. The maximum absolute atomic E-state index is 12.2. The number of halogens is 3. The molecule has 152 valence electrons. The molecule has 0 bridgehead atoms. The van der Waals surface area contributed by atoms with Gasteiger partial charge < -0.3 is 20.3 Å². The van der Waals surface area contributed by atoms with Gasteiger partial charge in [-0.05, 0) is 40.8 Å². The van der Waals surface area contributed by atoms with Crippen LogP contribution in [-0.2, 0) is 4.74 Å². The average Bonchev–Trinajstić information content (AvgIpc) is 2.48. The molecule has 0 unspecified atom stereocenters. The van der Waals surface area contributed by atoms with Crippen LogP contribution in [0.3, 0.4) is 0 Å². The lowest BCUT2D eigenvalue weighted by molar-refractivity contribution is -0.143. The van der Waals surface area contributed by atoms with Crippen molar-refractivity contribution in [3.05, 3.63) is 0 Å². The molecule has 26 heavy (non-hydrogen) atoms. The van der Waals surface area contributed by atoms with Gasteiger partial charge in [-0.25, -0.2) is 4.79 Å². The summed E-state index contributed by atoms with van der Waals surface area (Å²) in [5.74, 6) is 0.354. The first kappa shape index (κ1) is 22.3. The van der Waals surface area contributed by atoms with Gasteiger partial charge >= 0.3 is 12.3 Å². The Labute approximate surface area is 152 Å². The van der Waals surface area contributed by atoms with E-state index in [1.807, 2.05) is 25.7 Å². The minimum atomic E-state index is -4.19. The molecule has 0 radical (unpaired) electrons. The van der Waals surface area contributed by atoms with Crippen molar-refractivity contribution < 1.29 is 22.7 Å². The summed E-state index contributed by atoms with van der Waals surface area (Å²) in [5.41, 5.74) is 5.40. The fourth-order valence-electron chi connectivity index (χ4n) is 2.46. The summed E-state index contributed by atoms with van der Waals surface area (Å²) in [6, 6.07) is 0. The lowest BCUT2D eigenvalue weighted by Crippen LogP contribution is -2.53. The van der Waals surface area contributed by atoms with Gasteiger partial charge in [-0.3, -0.25) is 9.89 Å². The van der Waals surface area contributed by atoms with Crippen LogP contribution in [0.15, 0.2) is 4.99 Å². The van der Waals surface area contributed by atoms with Crippen molar-refractivity contribution >= 4 is 12.1 Å². The predicted molar refractivity (Wildman–Crippen MR) is 94.0 cm³/mol. The molecule has 1 amide bonds. The quantitative estimate of drug-likeness (QED) is 0.446. The number of ether oxygens (including phenoxy) is 1. The molecular weight excluding hydrogens is 351 g/mol. The number of alkyl halides is 3. The normalized spacial score (nSPS) is 17.0. The Kier molecular flexibility index (Phi) is 7.98.